The second-order valence-corrected chi connectivity index (χ2v) is 4.47. The van der Waals surface area contributed by atoms with Crippen LogP contribution in [0.5, 0.6) is 0 Å². The summed E-state index contributed by atoms with van der Waals surface area (Å²) in [7, 11) is 3.69. The average molecular weight is 250 g/mol. The van der Waals surface area contributed by atoms with Crippen LogP contribution in [0.1, 0.15) is 18.9 Å². The van der Waals surface area contributed by atoms with E-state index in [4.69, 9.17) is 0 Å². The maximum absolute atomic E-state index is 11.7. The second-order valence-electron chi connectivity index (χ2n) is 4.47. The summed E-state index contributed by atoms with van der Waals surface area (Å²) in [6.45, 7) is 3.71. The van der Waals surface area contributed by atoms with Gasteiger partial charge in [0.15, 0.2) is 0 Å². The minimum Gasteiger partial charge on any atom is -0.480 e. The Hall–Kier alpha value is -1.39. The van der Waals surface area contributed by atoms with Crippen molar-refractivity contribution in [1.82, 2.24) is 10.2 Å². The molecule has 0 fully saturated rings. The number of nitrogens with one attached hydrogen (secondary N) is 1. The third-order valence-corrected chi connectivity index (χ3v) is 3.47. The Morgan fingerprint density at radius 3 is 2.44 bits per heavy atom. The molecule has 1 atom stereocenters. The summed E-state index contributed by atoms with van der Waals surface area (Å²) in [5, 5.41) is 12.6. The molecule has 0 saturated carbocycles. The van der Waals surface area contributed by atoms with E-state index in [1.165, 1.54) is 0 Å². The molecule has 4 nitrogen and oxygen atoms in total. The molecule has 0 aromatic heterocycles. The minimum absolute atomic E-state index is 0.535. The molecule has 1 aromatic carbocycles. The van der Waals surface area contributed by atoms with Gasteiger partial charge in [-0.1, -0.05) is 37.3 Å². The first kappa shape index (κ1) is 14.7. The van der Waals surface area contributed by atoms with E-state index in [9.17, 15) is 9.90 Å². The number of carbonyl (C=O) groups is 1. The molecule has 1 unspecified atom stereocenters. The summed E-state index contributed by atoms with van der Waals surface area (Å²) >= 11 is 0. The molecule has 0 aliphatic rings. The quantitative estimate of drug-likeness (QED) is 0.770. The van der Waals surface area contributed by atoms with Gasteiger partial charge in [-0.3, -0.25) is 0 Å². The number of rotatable bonds is 7. The molecule has 0 aliphatic carbocycles. The smallest absolute Gasteiger partial charge is 0.328 e. The average Bonchev–Trinajstić information content (AvgIpc) is 2.40. The first-order chi connectivity index (χ1) is 8.56. The van der Waals surface area contributed by atoms with Crippen LogP contribution in [0, 0.1) is 0 Å². The number of hydrogen-bond acceptors (Lipinski definition) is 3. The third kappa shape index (κ3) is 3.09. The lowest BCUT2D eigenvalue weighted by atomic mass is 9.86. The van der Waals surface area contributed by atoms with Gasteiger partial charge in [0, 0.05) is 6.54 Å². The summed E-state index contributed by atoms with van der Waals surface area (Å²) in [5.74, 6) is -0.833. The van der Waals surface area contributed by atoms with Crippen LogP contribution >= 0.6 is 0 Å². The number of likely N-dealkylation sites (N-methyl/N-ethyl adjacent to an activating group) is 1. The summed E-state index contributed by atoms with van der Waals surface area (Å²) < 4.78 is 0. The molecule has 2 N–H and O–H groups in total. The van der Waals surface area contributed by atoms with Crippen LogP contribution in [0.25, 0.3) is 0 Å². The number of nitrogens with zero attached hydrogens (tertiary/aromatic N) is 1. The zero-order valence-corrected chi connectivity index (χ0v) is 11.3. The Kier molecular flexibility index (Phi) is 5.31. The molecule has 1 rings (SSSR count). The third-order valence-electron chi connectivity index (χ3n) is 3.47. The molecule has 0 aliphatic heterocycles. The van der Waals surface area contributed by atoms with Gasteiger partial charge in [0.05, 0.1) is 0 Å². The van der Waals surface area contributed by atoms with Crippen molar-refractivity contribution in [2.75, 3.05) is 27.2 Å². The van der Waals surface area contributed by atoms with Gasteiger partial charge in [0.2, 0.25) is 0 Å². The van der Waals surface area contributed by atoms with Gasteiger partial charge in [-0.25, -0.2) is 4.79 Å². The number of carboxylic acid groups (broad SMARTS) is 1. The molecule has 0 radical (unpaired) electrons. The molecular weight excluding hydrogens is 228 g/mol. The maximum Gasteiger partial charge on any atom is 0.328 e. The highest BCUT2D eigenvalue weighted by molar-refractivity contribution is 5.80. The zero-order chi connectivity index (χ0) is 13.6. The van der Waals surface area contributed by atoms with Crippen molar-refractivity contribution in [2.45, 2.75) is 18.9 Å². The Labute approximate surface area is 109 Å². The van der Waals surface area contributed by atoms with Crippen LogP contribution in [-0.4, -0.2) is 43.2 Å². The van der Waals surface area contributed by atoms with E-state index in [1.807, 2.05) is 37.4 Å². The lowest BCUT2D eigenvalue weighted by Crippen LogP contribution is -2.49. The molecule has 0 saturated heterocycles. The van der Waals surface area contributed by atoms with Crippen LogP contribution in [0.4, 0.5) is 0 Å². The summed E-state index contributed by atoms with van der Waals surface area (Å²) in [6.07, 6.45) is 0.535. The SMILES string of the molecule is CCN(C)CCC(NC)(C(=O)O)c1ccccc1. The van der Waals surface area contributed by atoms with Crippen LogP contribution in [0.15, 0.2) is 30.3 Å². The largest absolute Gasteiger partial charge is 0.480 e. The fourth-order valence-corrected chi connectivity index (χ4v) is 1.99. The van der Waals surface area contributed by atoms with Crippen LogP contribution in [0.2, 0.25) is 0 Å². The first-order valence-electron chi connectivity index (χ1n) is 6.23. The van der Waals surface area contributed by atoms with Gasteiger partial charge < -0.3 is 15.3 Å². The maximum atomic E-state index is 11.7. The van der Waals surface area contributed by atoms with Crippen molar-refractivity contribution in [3.8, 4) is 0 Å². The van der Waals surface area contributed by atoms with E-state index in [2.05, 4.69) is 17.1 Å². The molecule has 0 heterocycles. The molecule has 1 aromatic rings. The molecule has 0 amide bonds. The number of benzene rings is 1. The molecule has 18 heavy (non-hydrogen) atoms. The van der Waals surface area contributed by atoms with Crippen molar-refractivity contribution >= 4 is 5.97 Å². The molecule has 0 bridgehead atoms. The van der Waals surface area contributed by atoms with Crippen molar-refractivity contribution in [2.24, 2.45) is 0 Å². The molecule has 4 heteroatoms. The molecular formula is C14H22N2O2. The summed E-state index contributed by atoms with van der Waals surface area (Å²) in [6, 6.07) is 9.35. The number of hydrogen-bond donors (Lipinski definition) is 2. The van der Waals surface area contributed by atoms with E-state index in [0.29, 0.717) is 6.42 Å². The van der Waals surface area contributed by atoms with Crippen molar-refractivity contribution in [3.05, 3.63) is 35.9 Å². The minimum atomic E-state index is -1.01. The lowest BCUT2D eigenvalue weighted by Gasteiger charge is -2.31. The van der Waals surface area contributed by atoms with Gasteiger partial charge in [0.25, 0.3) is 0 Å². The molecule has 0 spiro atoms. The fourth-order valence-electron chi connectivity index (χ4n) is 1.99. The fraction of sp³-hybridized carbons (Fsp3) is 0.500. The number of carboxylic acids is 1. The highest BCUT2D eigenvalue weighted by atomic mass is 16.4. The van der Waals surface area contributed by atoms with Gasteiger partial charge in [-0.15, -0.1) is 0 Å². The zero-order valence-electron chi connectivity index (χ0n) is 11.3. The Morgan fingerprint density at radius 2 is 2.00 bits per heavy atom. The van der Waals surface area contributed by atoms with Crippen LogP contribution in [-0.2, 0) is 10.3 Å². The Balaban J connectivity index is 2.99. The van der Waals surface area contributed by atoms with Gasteiger partial charge in [0.1, 0.15) is 5.54 Å². The highest BCUT2D eigenvalue weighted by Crippen LogP contribution is 2.25. The Bertz CT molecular complexity index is 381. The predicted molar refractivity (Wildman–Crippen MR) is 72.6 cm³/mol. The standard InChI is InChI=1S/C14H22N2O2/c1-4-16(3)11-10-14(15-2,13(17)18)12-8-6-5-7-9-12/h5-9,15H,4,10-11H2,1-3H3,(H,17,18). The highest BCUT2D eigenvalue weighted by Gasteiger charge is 2.38. The normalized spacial score (nSPS) is 14.4. The first-order valence-corrected chi connectivity index (χ1v) is 6.23. The number of aliphatic carboxylic acids is 1. The van der Waals surface area contributed by atoms with E-state index in [-0.39, 0.29) is 0 Å². The van der Waals surface area contributed by atoms with Gasteiger partial charge in [-0.2, -0.15) is 0 Å². The van der Waals surface area contributed by atoms with Crippen molar-refractivity contribution in [1.29, 1.82) is 0 Å². The van der Waals surface area contributed by atoms with Crippen molar-refractivity contribution in [3.63, 3.8) is 0 Å². The van der Waals surface area contributed by atoms with Crippen LogP contribution in [0.3, 0.4) is 0 Å². The lowest BCUT2D eigenvalue weighted by molar-refractivity contribution is -0.145. The van der Waals surface area contributed by atoms with E-state index < -0.39 is 11.5 Å². The second kappa shape index (κ2) is 6.52. The van der Waals surface area contributed by atoms with Crippen LogP contribution < -0.4 is 5.32 Å². The summed E-state index contributed by atoms with van der Waals surface area (Å²) in [5.41, 5.74) is -0.213. The Morgan fingerprint density at radius 1 is 1.39 bits per heavy atom. The van der Waals surface area contributed by atoms with E-state index in [0.717, 1.165) is 18.7 Å². The summed E-state index contributed by atoms with van der Waals surface area (Å²) in [4.78, 5) is 13.8. The van der Waals surface area contributed by atoms with Gasteiger partial charge >= 0.3 is 5.97 Å². The van der Waals surface area contributed by atoms with Gasteiger partial charge in [-0.05, 0) is 32.6 Å². The monoisotopic (exact) mass is 250 g/mol. The predicted octanol–water partition coefficient (Wildman–Crippen LogP) is 1.53. The molecule has 100 valence electrons. The van der Waals surface area contributed by atoms with E-state index in [1.54, 1.807) is 7.05 Å². The topological polar surface area (TPSA) is 52.6 Å². The van der Waals surface area contributed by atoms with E-state index >= 15 is 0 Å². The van der Waals surface area contributed by atoms with Crippen molar-refractivity contribution < 1.29 is 9.90 Å².